The molecule has 0 aliphatic carbocycles. The maximum Gasteiger partial charge on any atom is 0.243 e. The van der Waals surface area contributed by atoms with Gasteiger partial charge in [0.1, 0.15) is 5.01 Å². The summed E-state index contributed by atoms with van der Waals surface area (Å²) in [6.07, 6.45) is 1.34. The van der Waals surface area contributed by atoms with Crippen LogP contribution in [0.5, 0.6) is 0 Å². The summed E-state index contributed by atoms with van der Waals surface area (Å²) in [5, 5.41) is 4.03. The van der Waals surface area contributed by atoms with E-state index < -0.39 is 10.0 Å². The summed E-state index contributed by atoms with van der Waals surface area (Å²) >= 11 is 1.59. The van der Waals surface area contributed by atoms with Crippen LogP contribution in [-0.4, -0.2) is 36.7 Å². The molecule has 1 saturated heterocycles. The number of aryl methyl sites for hydroxylation is 2. The van der Waals surface area contributed by atoms with Gasteiger partial charge in [-0.1, -0.05) is 48.0 Å². The van der Waals surface area contributed by atoms with Gasteiger partial charge in [-0.25, -0.2) is 13.4 Å². The first-order valence-electron chi connectivity index (χ1n) is 11.2. The molecular formula is C25H29N3O3S2. The Balaban J connectivity index is 1.44. The van der Waals surface area contributed by atoms with Crippen LogP contribution >= 0.6 is 11.3 Å². The van der Waals surface area contributed by atoms with Gasteiger partial charge in [-0.05, 0) is 45.7 Å². The summed E-state index contributed by atoms with van der Waals surface area (Å²) in [5.41, 5.74) is 3.16. The lowest BCUT2D eigenvalue weighted by atomic mass is 9.98. The molecule has 0 bridgehead atoms. The number of carbonyl (C=O) groups excluding carboxylic acids is 1. The zero-order valence-electron chi connectivity index (χ0n) is 19.1. The van der Waals surface area contributed by atoms with E-state index in [9.17, 15) is 13.2 Å². The molecule has 2 atom stereocenters. The lowest BCUT2D eigenvalue weighted by molar-refractivity contribution is -0.126. The first kappa shape index (κ1) is 23.6. The molecule has 1 amide bonds. The highest BCUT2D eigenvalue weighted by Gasteiger charge is 2.34. The molecule has 0 saturated carbocycles. The summed E-state index contributed by atoms with van der Waals surface area (Å²) in [6.45, 7) is 6.60. The molecule has 1 N–H and O–H groups in total. The van der Waals surface area contributed by atoms with Gasteiger partial charge in [0.05, 0.1) is 27.4 Å². The number of aromatic nitrogens is 1. The Kier molecular flexibility index (Phi) is 6.97. The summed E-state index contributed by atoms with van der Waals surface area (Å²) in [7, 11) is -3.60. The molecule has 4 rings (SSSR count). The van der Waals surface area contributed by atoms with E-state index in [1.165, 1.54) is 9.87 Å². The second-order valence-corrected chi connectivity index (χ2v) is 11.5. The Morgan fingerprint density at radius 3 is 2.52 bits per heavy atom. The van der Waals surface area contributed by atoms with Crippen LogP contribution in [-0.2, 0) is 14.8 Å². The molecule has 3 aromatic rings. The molecule has 2 unspecified atom stereocenters. The minimum Gasteiger partial charge on any atom is -0.348 e. The summed E-state index contributed by atoms with van der Waals surface area (Å²) in [4.78, 5) is 19.1. The number of thiazole rings is 1. The van der Waals surface area contributed by atoms with Gasteiger partial charge in [0, 0.05) is 18.7 Å². The maximum absolute atomic E-state index is 13.1. The third kappa shape index (κ3) is 5.18. The summed E-state index contributed by atoms with van der Waals surface area (Å²) in [5.74, 6) is -0.482. The Morgan fingerprint density at radius 2 is 1.82 bits per heavy atom. The number of rotatable bonds is 6. The Morgan fingerprint density at radius 1 is 1.12 bits per heavy atom. The van der Waals surface area contributed by atoms with Crippen LogP contribution in [0.4, 0.5) is 0 Å². The van der Waals surface area contributed by atoms with E-state index in [-0.39, 0.29) is 29.3 Å². The van der Waals surface area contributed by atoms with Crippen molar-refractivity contribution in [2.45, 2.75) is 44.6 Å². The first-order valence-corrected chi connectivity index (χ1v) is 13.4. The van der Waals surface area contributed by atoms with Gasteiger partial charge >= 0.3 is 0 Å². The van der Waals surface area contributed by atoms with E-state index in [0.29, 0.717) is 19.4 Å². The molecule has 33 heavy (non-hydrogen) atoms. The van der Waals surface area contributed by atoms with Crippen molar-refractivity contribution in [3.63, 3.8) is 0 Å². The van der Waals surface area contributed by atoms with Crippen LogP contribution in [0.15, 0.2) is 59.5 Å². The van der Waals surface area contributed by atoms with Gasteiger partial charge in [0.25, 0.3) is 0 Å². The van der Waals surface area contributed by atoms with Gasteiger partial charge in [0.15, 0.2) is 0 Å². The molecule has 6 nitrogen and oxygen atoms in total. The predicted octanol–water partition coefficient (Wildman–Crippen LogP) is 4.71. The van der Waals surface area contributed by atoms with Crippen molar-refractivity contribution in [1.29, 1.82) is 0 Å². The Bertz CT molecular complexity index is 1220. The van der Waals surface area contributed by atoms with Crippen molar-refractivity contribution in [1.82, 2.24) is 14.6 Å². The number of nitrogens with one attached hydrogen (secondary N) is 1. The predicted molar refractivity (Wildman–Crippen MR) is 132 cm³/mol. The molecule has 2 aromatic carbocycles. The largest absolute Gasteiger partial charge is 0.348 e. The molecule has 2 heterocycles. The fourth-order valence-corrected chi connectivity index (χ4v) is 6.76. The highest BCUT2D eigenvalue weighted by Crippen LogP contribution is 2.32. The summed E-state index contributed by atoms with van der Waals surface area (Å²) < 4.78 is 27.4. The zero-order chi connectivity index (χ0) is 23.6. The normalized spacial score (nSPS) is 18.1. The average Bonchev–Trinajstić information content (AvgIpc) is 3.22. The van der Waals surface area contributed by atoms with Crippen molar-refractivity contribution >= 4 is 27.3 Å². The number of carbonyl (C=O) groups is 1. The zero-order valence-corrected chi connectivity index (χ0v) is 20.7. The Hall–Kier alpha value is -2.55. The highest BCUT2D eigenvalue weighted by molar-refractivity contribution is 7.89. The van der Waals surface area contributed by atoms with Crippen molar-refractivity contribution < 1.29 is 13.2 Å². The van der Waals surface area contributed by atoms with E-state index in [1.54, 1.807) is 41.7 Å². The monoisotopic (exact) mass is 483 g/mol. The third-order valence-electron chi connectivity index (χ3n) is 6.02. The molecule has 1 aromatic heterocycles. The van der Waals surface area contributed by atoms with Crippen molar-refractivity contribution in [2.75, 3.05) is 13.1 Å². The van der Waals surface area contributed by atoms with E-state index in [2.05, 4.69) is 36.5 Å². The molecule has 0 radical (unpaired) electrons. The number of amides is 1. The van der Waals surface area contributed by atoms with Crippen molar-refractivity contribution in [3.05, 3.63) is 70.7 Å². The fraction of sp³-hybridized carbons (Fsp3) is 0.360. The molecule has 1 aliphatic heterocycles. The molecular weight excluding hydrogens is 454 g/mol. The number of nitrogens with zero attached hydrogens (tertiary/aromatic N) is 2. The number of benzene rings is 2. The van der Waals surface area contributed by atoms with E-state index >= 15 is 0 Å². The third-order valence-corrected chi connectivity index (χ3v) is 9.29. The van der Waals surface area contributed by atoms with E-state index in [1.807, 2.05) is 13.8 Å². The standard InChI is InChI=1S/C25H29N3O3S2/c1-17-11-13-20(14-12-17)25-27-19(3)23(32-25)18(2)26-24(29)21-8-7-15-28(16-21)33(30,31)22-9-5-4-6-10-22/h4-6,9-14,18,21H,7-8,15-16H2,1-3H3,(H,26,29). The number of piperidine rings is 1. The topological polar surface area (TPSA) is 79.4 Å². The van der Waals surface area contributed by atoms with Gasteiger partial charge in [-0.15, -0.1) is 11.3 Å². The fourth-order valence-electron chi connectivity index (χ4n) is 4.14. The van der Waals surface area contributed by atoms with Crippen LogP contribution in [0.25, 0.3) is 10.6 Å². The number of hydrogen-bond acceptors (Lipinski definition) is 5. The van der Waals surface area contributed by atoms with E-state index in [0.717, 1.165) is 21.1 Å². The minimum absolute atomic E-state index is 0.111. The summed E-state index contributed by atoms with van der Waals surface area (Å²) in [6, 6.07) is 16.5. The SMILES string of the molecule is Cc1ccc(-c2nc(C)c(C(C)NC(=O)C3CCCN(S(=O)(=O)c4ccccc4)C3)s2)cc1. The van der Waals surface area contributed by atoms with Gasteiger partial charge in [-0.3, -0.25) is 4.79 Å². The minimum atomic E-state index is -3.60. The van der Waals surface area contributed by atoms with Crippen molar-refractivity contribution in [3.8, 4) is 10.6 Å². The van der Waals surface area contributed by atoms with Crippen LogP contribution in [0.2, 0.25) is 0 Å². The molecule has 8 heteroatoms. The van der Waals surface area contributed by atoms with Gasteiger partial charge in [-0.2, -0.15) is 4.31 Å². The second-order valence-electron chi connectivity index (χ2n) is 8.58. The van der Waals surface area contributed by atoms with E-state index in [4.69, 9.17) is 4.98 Å². The molecule has 174 valence electrons. The van der Waals surface area contributed by atoms with Crippen LogP contribution < -0.4 is 5.32 Å². The second kappa shape index (κ2) is 9.75. The molecule has 1 fully saturated rings. The number of sulfonamides is 1. The smallest absolute Gasteiger partial charge is 0.243 e. The lowest BCUT2D eigenvalue weighted by Crippen LogP contribution is -2.45. The first-order chi connectivity index (χ1) is 15.8. The van der Waals surface area contributed by atoms with Crippen LogP contribution in [0.1, 0.15) is 41.9 Å². The molecule has 1 aliphatic rings. The average molecular weight is 484 g/mol. The number of hydrogen-bond donors (Lipinski definition) is 1. The van der Waals surface area contributed by atoms with Crippen LogP contribution in [0.3, 0.4) is 0 Å². The van der Waals surface area contributed by atoms with Gasteiger partial charge in [0.2, 0.25) is 15.9 Å². The van der Waals surface area contributed by atoms with Crippen LogP contribution in [0, 0.1) is 19.8 Å². The Labute approximate surface area is 199 Å². The quantitative estimate of drug-likeness (QED) is 0.551. The lowest BCUT2D eigenvalue weighted by Gasteiger charge is -2.31. The maximum atomic E-state index is 13.1. The van der Waals surface area contributed by atoms with Crippen molar-refractivity contribution in [2.24, 2.45) is 5.92 Å². The van der Waals surface area contributed by atoms with Gasteiger partial charge < -0.3 is 5.32 Å². The molecule has 0 spiro atoms. The highest BCUT2D eigenvalue weighted by atomic mass is 32.2.